The lowest BCUT2D eigenvalue weighted by Gasteiger charge is -2.25. The first-order valence-electron chi connectivity index (χ1n) is 8.48. The fraction of sp³-hybridized carbons (Fsp3) is 0. The van der Waals surface area contributed by atoms with Crippen molar-refractivity contribution in [2.24, 2.45) is 0 Å². The Hall–Kier alpha value is -3.32. The molecule has 0 atom stereocenters. The molecule has 2 heterocycles. The van der Waals surface area contributed by atoms with Crippen molar-refractivity contribution >= 4 is 65.1 Å². The molecule has 0 unspecified atom stereocenters. The molecule has 12 heteroatoms. The van der Waals surface area contributed by atoms with Gasteiger partial charge in [-0.2, -0.15) is 16.8 Å². The Kier molecular flexibility index (Phi) is 3.79. The van der Waals surface area contributed by atoms with Gasteiger partial charge in [0.1, 0.15) is 10.4 Å². The molecular weight excluding hydrogens is 432 g/mol. The molecule has 1 aromatic heterocycles. The molecule has 1 aliphatic rings. The maximum atomic E-state index is 12.3. The number of fused-ring (bicyclic) bond motifs is 4. The maximum Gasteiger partial charge on any atom is 0.298 e. The van der Waals surface area contributed by atoms with Crippen LogP contribution < -0.4 is 10.6 Å². The molecule has 3 aromatic carbocycles. The van der Waals surface area contributed by atoms with Crippen LogP contribution in [0.4, 0.5) is 22.7 Å². The molecule has 4 N–H and O–H groups in total. The number of anilines is 4. The third kappa shape index (κ3) is 2.93. The van der Waals surface area contributed by atoms with E-state index in [4.69, 9.17) is 0 Å². The number of hydrogen-bond acceptors (Lipinski definition) is 8. The van der Waals surface area contributed by atoms with Gasteiger partial charge in [0, 0.05) is 0 Å². The third-order valence-corrected chi connectivity index (χ3v) is 6.43. The quantitative estimate of drug-likeness (QED) is 0.235. The van der Waals surface area contributed by atoms with E-state index in [-0.39, 0.29) is 33.0 Å². The largest absolute Gasteiger partial charge is 0.352 e. The molecule has 0 radical (unpaired) electrons. The number of nitrogens with zero attached hydrogens (tertiary/aromatic N) is 2. The first kappa shape index (κ1) is 18.7. The summed E-state index contributed by atoms with van der Waals surface area (Å²) in [4.78, 5) is 8.02. The molecular formula is C18H12N4O6S2. The van der Waals surface area contributed by atoms with Crippen LogP contribution in [-0.2, 0) is 20.2 Å². The third-order valence-electron chi connectivity index (χ3n) is 4.67. The molecule has 4 aromatic rings. The molecule has 0 saturated heterocycles. The van der Waals surface area contributed by atoms with Gasteiger partial charge in [-0.15, -0.1) is 0 Å². The van der Waals surface area contributed by atoms with E-state index in [9.17, 15) is 25.9 Å². The first-order chi connectivity index (χ1) is 14.1. The van der Waals surface area contributed by atoms with Gasteiger partial charge in [-0.3, -0.25) is 9.11 Å². The van der Waals surface area contributed by atoms with Crippen molar-refractivity contribution in [1.82, 2.24) is 9.97 Å². The van der Waals surface area contributed by atoms with Crippen LogP contribution in [0.5, 0.6) is 0 Å². The van der Waals surface area contributed by atoms with Gasteiger partial charge in [0.25, 0.3) is 20.2 Å². The van der Waals surface area contributed by atoms with Crippen molar-refractivity contribution in [2.45, 2.75) is 9.79 Å². The van der Waals surface area contributed by atoms with Crippen LogP contribution in [0.1, 0.15) is 0 Å². The van der Waals surface area contributed by atoms with Crippen molar-refractivity contribution in [3.8, 4) is 0 Å². The summed E-state index contributed by atoms with van der Waals surface area (Å²) in [6.07, 6.45) is 0. The number of nitrogens with one attached hydrogen (secondary N) is 2. The van der Waals surface area contributed by atoms with E-state index in [1.807, 2.05) is 0 Å². The first-order valence-corrected chi connectivity index (χ1v) is 11.4. The van der Waals surface area contributed by atoms with Gasteiger partial charge in [0.15, 0.2) is 0 Å². The van der Waals surface area contributed by atoms with E-state index in [0.29, 0.717) is 16.7 Å². The Morgan fingerprint density at radius 3 is 2.07 bits per heavy atom. The normalized spacial score (nSPS) is 13.4. The fourth-order valence-electron chi connectivity index (χ4n) is 3.38. The van der Waals surface area contributed by atoms with Gasteiger partial charge in [0.2, 0.25) is 0 Å². The van der Waals surface area contributed by atoms with Gasteiger partial charge in [-0.05, 0) is 36.4 Å². The number of hydrogen-bond donors (Lipinski definition) is 4. The summed E-state index contributed by atoms with van der Waals surface area (Å²) in [5.74, 6) is 0. The molecule has 0 bridgehead atoms. The highest BCUT2D eigenvalue weighted by molar-refractivity contribution is 7.86. The topological polar surface area (TPSA) is 159 Å². The number of para-hydroxylation sites is 2. The van der Waals surface area contributed by atoms with E-state index >= 15 is 0 Å². The summed E-state index contributed by atoms with van der Waals surface area (Å²) in [5.41, 5.74) is 2.09. The van der Waals surface area contributed by atoms with Crippen LogP contribution >= 0.6 is 0 Å². The zero-order valence-electron chi connectivity index (χ0n) is 14.9. The van der Waals surface area contributed by atoms with Crippen molar-refractivity contribution in [3.05, 3.63) is 48.5 Å². The lowest BCUT2D eigenvalue weighted by molar-refractivity contribution is 0.481. The molecule has 0 aliphatic carbocycles. The monoisotopic (exact) mass is 444 g/mol. The van der Waals surface area contributed by atoms with Crippen molar-refractivity contribution in [2.75, 3.05) is 10.6 Å². The van der Waals surface area contributed by atoms with Crippen LogP contribution in [0.15, 0.2) is 58.3 Å². The van der Waals surface area contributed by atoms with E-state index in [1.165, 1.54) is 18.2 Å². The zero-order valence-corrected chi connectivity index (χ0v) is 16.5. The second kappa shape index (κ2) is 6.09. The van der Waals surface area contributed by atoms with Gasteiger partial charge in [0.05, 0.1) is 44.2 Å². The molecule has 152 valence electrons. The summed E-state index contributed by atoms with van der Waals surface area (Å²) in [6, 6.07) is 12.1. The molecule has 0 fully saturated rings. The summed E-state index contributed by atoms with van der Waals surface area (Å²) in [6.45, 7) is 0. The van der Waals surface area contributed by atoms with Crippen LogP contribution in [0.25, 0.3) is 22.1 Å². The summed E-state index contributed by atoms with van der Waals surface area (Å²) in [5, 5.41) is 5.81. The highest BCUT2D eigenvalue weighted by Gasteiger charge is 2.29. The van der Waals surface area contributed by atoms with Gasteiger partial charge in [-0.1, -0.05) is 12.1 Å². The van der Waals surface area contributed by atoms with Crippen molar-refractivity contribution in [3.63, 3.8) is 0 Å². The van der Waals surface area contributed by atoms with Crippen LogP contribution in [0.3, 0.4) is 0 Å². The van der Waals surface area contributed by atoms with E-state index < -0.39 is 25.1 Å². The second-order valence-corrected chi connectivity index (χ2v) is 9.40. The number of rotatable bonds is 2. The Bertz CT molecular complexity index is 1600. The summed E-state index contributed by atoms with van der Waals surface area (Å²) >= 11 is 0. The zero-order chi connectivity index (χ0) is 21.3. The average Bonchev–Trinajstić information content (AvgIpc) is 2.66. The molecule has 0 saturated carbocycles. The number of aromatic nitrogens is 2. The maximum absolute atomic E-state index is 12.3. The summed E-state index contributed by atoms with van der Waals surface area (Å²) < 4.78 is 66.6. The summed E-state index contributed by atoms with van der Waals surface area (Å²) in [7, 11) is -9.14. The molecule has 0 spiro atoms. The van der Waals surface area contributed by atoms with Crippen molar-refractivity contribution < 1.29 is 25.9 Å². The molecule has 1 aliphatic heterocycles. The highest BCUT2D eigenvalue weighted by atomic mass is 32.2. The Morgan fingerprint density at radius 1 is 0.700 bits per heavy atom. The van der Waals surface area contributed by atoms with Crippen LogP contribution in [0, 0.1) is 0 Å². The average molecular weight is 444 g/mol. The SMILES string of the molecule is O=S(=O)(O)c1ccc2c(c1)Nc1cc3nc4ccccc4nc3c(S(=O)(=O)O)c1N2. The highest BCUT2D eigenvalue weighted by Crippen LogP contribution is 2.45. The standard InChI is InChI=1S/C18H12N4O6S2/c23-29(24,25)9-5-6-12-13(7-9)20-15-8-14-16(18(17(15)22-12)30(26,27)28)21-11-4-2-1-3-10(11)19-14/h1-8,20,22H,(H,23,24,25)(H,26,27,28). The van der Waals surface area contributed by atoms with E-state index in [2.05, 4.69) is 20.6 Å². The fourth-order valence-corrected chi connectivity index (χ4v) is 4.70. The van der Waals surface area contributed by atoms with Crippen LogP contribution in [0.2, 0.25) is 0 Å². The minimum Gasteiger partial charge on any atom is -0.352 e. The van der Waals surface area contributed by atoms with Gasteiger partial charge >= 0.3 is 0 Å². The van der Waals surface area contributed by atoms with E-state index in [1.54, 1.807) is 24.3 Å². The van der Waals surface area contributed by atoms with Gasteiger partial charge < -0.3 is 10.6 Å². The Balaban J connectivity index is 1.81. The smallest absolute Gasteiger partial charge is 0.298 e. The molecule has 30 heavy (non-hydrogen) atoms. The molecule has 10 nitrogen and oxygen atoms in total. The number of benzene rings is 3. The van der Waals surface area contributed by atoms with Crippen molar-refractivity contribution in [1.29, 1.82) is 0 Å². The lowest BCUT2D eigenvalue weighted by Crippen LogP contribution is -2.13. The predicted molar refractivity (Wildman–Crippen MR) is 110 cm³/mol. The Labute approximate surface area is 170 Å². The van der Waals surface area contributed by atoms with Gasteiger partial charge in [-0.25, -0.2) is 9.97 Å². The van der Waals surface area contributed by atoms with E-state index in [0.717, 1.165) is 6.07 Å². The predicted octanol–water partition coefficient (Wildman–Crippen LogP) is 3.08. The molecule has 5 rings (SSSR count). The minimum absolute atomic E-state index is 0.0118. The van der Waals surface area contributed by atoms with Crippen LogP contribution in [-0.4, -0.2) is 35.9 Å². The molecule has 0 amide bonds. The minimum atomic E-state index is -4.71. The second-order valence-electron chi connectivity index (χ2n) is 6.62. The lowest BCUT2D eigenvalue weighted by atomic mass is 10.1. The Morgan fingerprint density at radius 2 is 1.40 bits per heavy atom.